The molecule has 7 heteroatoms. The van der Waals surface area contributed by atoms with E-state index in [2.05, 4.69) is 4.74 Å². The van der Waals surface area contributed by atoms with Crippen molar-refractivity contribution in [3.05, 3.63) is 54.0 Å². The standard InChI is InChI=1S/C20H23F2NO4/c21-20(22)27-16-8-4-6-14(12-16)19(25)23-10-3-1-2-7-15(23)13-17(24)18-9-5-11-26-18/h4-6,8-9,11-12,15,17,20,24H,1-3,7,10,13H2/t15-,17-/m0/s1. The quantitative estimate of drug-likeness (QED) is 0.809. The fraction of sp³-hybridized carbons (Fsp3) is 0.450. The Balaban J connectivity index is 1.77. The van der Waals surface area contributed by atoms with E-state index in [9.17, 15) is 18.7 Å². The van der Waals surface area contributed by atoms with E-state index in [0.717, 1.165) is 25.7 Å². The van der Waals surface area contributed by atoms with Crippen LogP contribution in [0.25, 0.3) is 0 Å². The summed E-state index contributed by atoms with van der Waals surface area (Å²) < 4.78 is 34.6. The number of hydrogen-bond acceptors (Lipinski definition) is 4. The number of nitrogens with zero attached hydrogens (tertiary/aromatic N) is 1. The Kier molecular flexibility index (Phi) is 6.45. The van der Waals surface area contributed by atoms with Gasteiger partial charge in [-0.2, -0.15) is 8.78 Å². The molecule has 0 spiro atoms. The lowest BCUT2D eigenvalue weighted by atomic mass is 10.0. The van der Waals surface area contributed by atoms with E-state index < -0.39 is 12.7 Å². The lowest BCUT2D eigenvalue weighted by Crippen LogP contribution is -2.40. The van der Waals surface area contributed by atoms with E-state index >= 15 is 0 Å². The molecular formula is C20H23F2NO4. The fourth-order valence-electron chi connectivity index (χ4n) is 3.52. The molecule has 0 unspecified atom stereocenters. The highest BCUT2D eigenvalue weighted by Crippen LogP contribution is 2.28. The first-order valence-electron chi connectivity index (χ1n) is 9.12. The number of hydrogen-bond donors (Lipinski definition) is 1. The molecule has 1 saturated heterocycles. The Hall–Kier alpha value is -2.41. The van der Waals surface area contributed by atoms with E-state index in [1.54, 1.807) is 23.1 Å². The van der Waals surface area contributed by atoms with E-state index in [1.807, 2.05) is 0 Å². The van der Waals surface area contributed by atoms with Gasteiger partial charge in [0, 0.05) is 24.6 Å². The number of amides is 1. The molecule has 1 aromatic heterocycles. The summed E-state index contributed by atoms with van der Waals surface area (Å²) in [6, 6.07) is 9.10. The number of halogens is 2. The van der Waals surface area contributed by atoms with E-state index in [4.69, 9.17) is 4.42 Å². The van der Waals surface area contributed by atoms with Crippen LogP contribution in [0, 0.1) is 0 Å². The molecule has 1 aliphatic heterocycles. The van der Waals surface area contributed by atoms with Crippen LogP contribution in [0.1, 0.15) is 54.3 Å². The molecule has 0 saturated carbocycles. The predicted molar refractivity (Wildman–Crippen MR) is 94.7 cm³/mol. The zero-order valence-electron chi connectivity index (χ0n) is 14.9. The normalized spacial score (nSPS) is 19.0. The van der Waals surface area contributed by atoms with Crippen LogP contribution < -0.4 is 4.74 Å². The molecular weight excluding hydrogens is 356 g/mol. The first-order valence-corrected chi connectivity index (χ1v) is 9.12. The van der Waals surface area contributed by atoms with Crippen molar-refractivity contribution in [2.24, 2.45) is 0 Å². The number of carbonyl (C=O) groups excluding carboxylic acids is 1. The predicted octanol–water partition coefficient (Wildman–Crippen LogP) is 4.39. The van der Waals surface area contributed by atoms with E-state index in [1.165, 1.54) is 24.5 Å². The van der Waals surface area contributed by atoms with Gasteiger partial charge in [-0.25, -0.2) is 0 Å². The lowest BCUT2D eigenvalue weighted by Gasteiger charge is -2.31. The summed E-state index contributed by atoms with van der Waals surface area (Å²) >= 11 is 0. The molecule has 3 rings (SSSR count). The molecule has 1 aliphatic rings. The SMILES string of the molecule is O=C(c1cccc(OC(F)F)c1)N1CCCCC[C@H]1C[C@H](O)c1ccco1. The highest BCUT2D eigenvalue weighted by Gasteiger charge is 2.29. The molecule has 1 aromatic carbocycles. The third-order valence-electron chi connectivity index (χ3n) is 4.81. The zero-order chi connectivity index (χ0) is 19.2. The average molecular weight is 379 g/mol. The summed E-state index contributed by atoms with van der Waals surface area (Å²) in [5.41, 5.74) is 0.299. The molecule has 2 aromatic rings. The Morgan fingerprint density at radius 3 is 2.85 bits per heavy atom. The molecule has 0 bridgehead atoms. The molecule has 2 atom stereocenters. The minimum Gasteiger partial charge on any atom is -0.467 e. The van der Waals surface area contributed by atoms with Crippen molar-refractivity contribution in [1.82, 2.24) is 4.90 Å². The van der Waals surface area contributed by atoms with Crippen molar-refractivity contribution in [1.29, 1.82) is 0 Å². The molecule has 1 N–H and O–H groups in total. The largest absolute Gasteiger partial charge is 0.467 e. The van der Waals surface area contributed by atoms with Gasteiger partial charge in [-0.3, -0.25) is 4.79 Å². The smallest absolute Gasteiger partial charge is 0.387 e. The Labute approximate surface area is 156 Å². The van der Waals surface area contributed by atoms with Crippen LogP contribution >= 0.6 is 0 Å². The Morgan fingerprint density at radius 2 is 2.11 bits per heavy atom. The van der Waals surface area contributed by atoms with Crippen LogP contribution in [-0.2, 0) is 0 Å². The molecule has 27 heavy (non-hydrogen) atoms. The molecule has 1 amide bonds. The van der Waals surface area contributed by atoms with E-state index in [-0.39, 0.29) is 17.7 Å². The van der Waals surface area contributed by atoms with Crippen molar-refractivity contribution < 1.29 is 27.8 Å². The monoisotopic (exact) mass is 379 g/mol. The number of likely N-dealkylation sites (tertiary alicyclic amines) is 1. The number of aliphatic hydroxyl groups is 1. The van der Waals surface area contributed by atoms with Crippen molar-refractivity contribution in [2.45, 2.75) is 50.9 Å². The number of carbonyl (C=O) groups is 1. The molecule has 2 heterocycles. The first-order chi connectivity index (χ1) is 13.0. The second-order valence-electron chi connectivity index (χ2n) is 6.67. The maximum absolute atomic E-state index is 13.0. The highest BCUT2D eigenvalue weighted by atomic mass is 19.3. The average Bonchev–Trinajstić information content (AvgIpc) is 3.09. The summed E-state index contributed by atoms with van der Waals surface area (Å²) in [5.74, 6) is 0.185. The molecule has 0 aliphatic carbocycles. The van der Waals surface area contributed by atoms with Crippen molar-refractivity contribution in [2.75, 3.05) is 6.54 Å². The van der Waals surface area contributed by atoms with Crippen LogP contribution in [0.3, 0.4) is 0 Å². The number of benzene rings is 1. The van der Waals surface area contributed by atoms with Crippen LogP contribution in [0.4, 0.5) is 8.78 Å². The zero-order valence-corrected chi connectivity index (χ0v) is 14.9. The maximum atomic E-state index is 13.0. The summed E-state index contributed by atoms with van der Waals surface area (Å²) in [7, 11) is 0. The second kappa shape index (κ2) is 8.99. The molecule has 146 valence electrons. The van der Waals surface area contributed by atoms with Gasteiger partial charge in [0.05, 0.1) is 6.26 Å². The van der Waals surface area contributed by atoms with Gasteiger partial charge >= 0.3 is 6.61 Å². The summed E-state index contributed by atoms with van der Waals surface area (Å²) in [6.45, 7) is -2.38. The summed E-state index contributed by atoms with van der Waals surface area (Å²) in [6.07, 6.45) is 4.69. The number of rotatable bonds is 6. The van der Waals surface area contributed by atoms with Gasteiger partial charge < -0.3 is 19.2 Å². The van der Waals surface area contributed by atoms with Gasteiger partial charge in [0.1, 0.15) is 17.6 Å². The van der Waals surface area contributed by atoms with E-state index in [0.29, 0.717) is 24.3 Å². The third kappa shape index (κ3) is 5.07. The van der Waals surface area contributed by atoms with Gasteiger partial charge in [-0.15, -0.1) is 0 Å². The van der Waals surface area contributed by atoms with Gasteiger partial charge in [0.15, 0.2) is 0 Å². The van der Waals surface area contributed by atoms with Gasteiger partial charge in [0.25, 0.3) is 5.91 Å². The first kappa shape index (κ1) is 19.4. The number of ether oxygens (including phenoxy) is 1. The van der Waals surface area contributed by atoms with Gasteiger partial charge in [0.2, 0.25) is 0 Å². The fourth-order valence-corrected chi connectivity index (χ4v) is 3.52. The molecule has 0 radical (unpaired) electrons. The third-order valence-corrected chi connectivity index (χ3v) is 4.81. The summed E-state index contributed by atoms with van der Waals surface area (Å²) in [4.78, 5) is 14.8. The van der Waals surface area contributed by atoms with Gasteiger partial charge in [-0.1, -0.05) is 18.9 Å². The van der Waals surface area contributed by atoms with Crippen LogP contribution in [0.15, 0.2) is 47.1 Å². The Morgan fingerprint density at radius 1 is 1.26 bits per heavy atom. The number of aliphatic hydroxyl groups excluding tert-OH is 1. The van der Waals surface area contributed by atoms with Crippen molar-refractivity contribution in [3.63, 3.8) is 0 Å². The maximum Gasteiger partial charge on any atom is 0.387 e. The number of alkyl halides is 2. The van der Waals surface area contributed by atoms with Crippen LogP contribution in [0.5, 0.6) is 5.75 Å². The molecule has 1 fully saturated rings. The number of furan rings is 1. The topological polar surface area (TPSA) is 62.9 Å². The minimum atomic E-state index is -2.94. The van der Waals surface area contributed by atoms with Gasteiger partial charge in [-0.05, 0) is 43.2 Å². The highest BCUT2D eigenvalue weighted by molar-refractivity contribution is 5.94. The second-order valence-corrected chi connectivity index (χ2v) is 6.67. The minimum absolute atomic E-state index is 0.0437. The Bertz CT molecular complexity index is 735. The van der Waals surface area contributed by atoms with Crippen molar-refractivity contribution >= 4 is 5.91 Å². The lowest BCUT2D eigenvalue weighted by molar-refractivity contribution is -0.0499. The van der Waals surface area contributed by atoms with Crippen LogP contribution in [0.2, 0.25) is 0 Å². The van der Waals surface area contributed by atoms with Crippen LogP contribution in [-0.4, -0.2) is 35.1 Å². The van der Waals surface area contributed by atoms with Crippen molar-refractivity contribution in [3.8, 4) is 5.75 Å². The summed E-state index contributed by atoms with van der Waals surface area (Å²) in [5, 5.41) is 10.4. The molecule has 5 nitrogen and oxygen atoms in total.